The predicted octanol–water partition coefficient (Wildman–Crippen LogP) is 2.54. The van der Waals surface area contributed by atoms with Crippen LogP contribution in [0.25, 0.3) is 0 Å². The van der Waals surface area contributed by atoms with E-state index in [-0.39, 0.29) is 11.7 Å². The third-order valence-electron chi connectivity index (χ3n) is 2.94. The first kappa shape index (κ1) is 14.1. The molecule has 1 aromatic heterocycles. The molecule has 5 nitrogen and oxygen atoms in total. The molecule has 0 atom stereocenters. The van der Waals surface area contributed by atoms with E-state index in [0.29, 0.717) is 5.82 Å². The van der Waals surface area contributed by atoms with Gasteiger partial charge in [-0.25, -0.2) is 9.97 Å². The summed E-state index contributed by atoms with van der Waals surface area (Å²) in [5.41, 5.74) is 6.93. The van der Waals surface area contributed by atoms with Gasteiger partial charge in [-0.1, -0.05) is 26.0 Å². The summed E-state index contributed by atoms with van der Waals surface area (Å²) in [5, 5.41) is 12.5. The van der Waals surface area contributed by atoms with E-state index < -0.39 is 0 Å². The summed E-state index contributed by atoms with van der Waals surface area (Å²) < 4.78 is 0. The molecule has 0 fully saturated rings. The normalized spacial score (nSPS) is 10.8. The van der Waals surface area contributed by atoms with Gasteiger partial charge in [0.15, 0.2) is 0 Å². The topological polar surface area (TPSA) is 84.1 Å². The number of nitrogens with two attached hydrogens (primary N) is 1. The van der Waals surface area contributed by atoms with Crippen molar-refractivity contribution < 1.29 is 5.11 Å². The number of anilines is 2. The zero-order valence-corrected chi connectivity index (χ0v) is 11.8. The Morgan fingerprint density at radius 3 is 2.55 bits per heavy atom. The minimum absolute atomic E-state index is 0.246. The molecule has 2 aromatic rings. The van der Waals surface area contributed by atoms with Crippen molar-refractivity contribution in [3.63, 3.8) is 0 Å². The number of nitrogens with zero attached hydrogens (tertiary/aromatic N) is 2. The standard InChI is InChI=1S/C15H20N4O/c1-10(2)15-18-13(16)9-14(19-15)17-8-7-11-3-5-12(20)6-4-11/h3-6,9-10,20H,7-8H2,1-2H3,(H3,16,17,18,19). The number of aromatic hydroxyl groups is 1. The van der Waals surface area contributed by atoms with Crippen LogP contribution in [0, 0.1) is 0 Å². The monoisotopic (exact) mass is 272 g/mol. The number of benzene rings is 1. The molecule has 0 aliphatic carbocycles. The van der Waals surface area contributed by atoms with E-state index in [0.717, 1.165) is 30.2 Å². The van der Waals surface area contributed by atoms with Crippen molar-refractivity contribution >= 4 is 11.6 Å². The van der Waals surface area contributed by atoms with Crippen LogP contribution >= 0.6 is 0 Å². The summed E-state index contributed by atoms with van der Waals surface area (Å²) in [6, 6.07) is 8.93. The largest absolute Gasteiger partial charge is 0.508 e. The quantitative estimate of drug-likeness (QED) is 0.779. The van der Waals surface area contributed by atoms with Crippen LogP contribution in [0.15, 0.2) is 30.3 Å². The summed E-state index contributed by atoms with van der Waals surface area (Å²) in [6.07, 6.45) is 0.848. The van der Waals surface area contributed by atoms with Crippen LogP contribution in [-0.4, -0.2) is 21.6 Å². The van der Waals surface area contributed by atoms with Gasteiger partial charge in [0.1, 0.15) is 23.2 Å². The van der Waals surface area contributed by atoms with E-state index in [1.807, 2.05) is 26.0 Å². The third-order valence-corrected chi connectivity index (χ3v) is 2.94. The second kappa shape index (κ2) is 6.23. The number of nitrogens with one attached hydrogen (secondary N) is 1. The first-order chi connectivity index (χ1) is 9.54. The SMILES string of the molecule is CC(C)c1nc(N)cc(NCCc2ccc(O)cc2)n1. The third kappa shape index (κ3) is 3.85. The number of hydrogen-bond acceptors (Lipinski definition) is 5. The van der Waals surface area contributed by atoms with E-state index >= 15 is 0 Å². The Hall–Kier alpha value is -2.30. The number of rotatable bonds is 5. The van der Waals surface area contributed by atoms with Gasteiger partial charge in [-0.15, -0.1) is 0 Å². The van der Waals surface area contributed by atoms with E-state index in [1.54, 1.807) is 18.2 Å². The van der Waals surface area contributed by atoms with Crippen LogP contribution < -0.4 is 11.1 Å². The van der Waals surface area contributed by atoms with Crippen LogP contribution in [0.2, 0.25) is 0 Å². The van der Waals surface area contributed by atoms with Gasteiger partial charge in [0.05, 0.1) is 0 Å². The number of phenolic OH excluding ortho intramolecular Hbond substituents is 1. The Kier molecular flexibility index (Phi) is 4.40. The van der Waals surface area contributed by atoms with Gasteiger partial charge in [-0.2, -0.15) is 0 Å². The molecule has 0 saturated heterocycles. The van der Waals surface area contributed by atoms with Crippen molar-refractivity contribution in [1.29, 1.82) is 0 Å². The van der Waals surface area contributed by atoms with Crippen molar-refractivity contribution in [3.05, 3.63) is 41.7 Å². The molecule has 1 aromatic carbocycles. The summed E-state index contributed by atoms with van der Waals surface area (Å²) in [5.74, 6) is 2.51. The first-order valence-electron chi connectivity index (χ1n) is 6.71. The molecule has 0 aliphatic rings. The number of phenols is 1. The lowest BCUT2D eigenvalue weighted by Crippen LogP contribution is -2.10. The summed E-state index contributed by atoms with van der Waals surface area (Å²) in [4.78, 5) is 8.64. The van der Waals surface area contributed by atoms with Crippen LogP contribution in [0.5, 0.6) is 5.75 Å². The van der Waals surface area contributed by atoms with Gasteiger partial charge in [0, 0.05) is 18.5 Å². The Morgan fingerprint density at radius 2 is 1.90 bits per heavy atom. The molecular weight excluding hydrogens is 252 g/mol. The molecule has 20 heavy (non-hydrogen) atoms. The maximum atomic E-state index is 9.23. The fourth-order valence-electron chi connectivity index (χ4n) is 1.83. The van der Waals surface area contributed by atoms with Crippen molar-refractivity contribution in [2.24, 2.45) is 0 Å². The van der Waals surface area contributed by atoms with E-state index in [1.165, 1.54) is 0 Å². The summed E-state index contributed by atoms with van der Waals surface area (Å²) in [7, 11) is 0. The van der Waals surface area contributed by atoms with Gasteiger partial charge >= 0.3 is 0 Å². The second-order valence-electron chi connectivity index (χ2n) is 5.03. The first-order valence-corrected chi connectivity index (χ1v) is 6.71. The minimum atomic E-state index is 0.246. The molecule has 0 radical (unpaired) electrons. The van der Waals surface area contributed by atoms with E-state index in [9.17, 15) is 5.11 Å². The average Bonchev–Trinajstić information content (AvgIpc) is 2.40. The molecule has 4 N–H and O–H groups in total. The lowest BCUT2D eigenvalue weighted by atomic mass is 10.1. The van der Waals surface area contributed by atoms with E-state index in [2.05, 4.69) is 15.3 Å². The second-order valence-corrected chi connectivity index (χ2v) is 5.03. The van der Waals surface area contributed by atoms with Gasteiger partial charge in [0.2, 0.25) is 0 Å². The highest BCUT2D eigenvalue weighted by Crippen LogP contribution is 2.15. The molecule has 0 bridgehead atoms. The van der Waals surface area contributed by atoms with Crippen LogP contribution in [0.1, 0.15) is 31.2 Å². The molecule has 1 heterocycles. The van der Waals surface area contributed by atoms with E-state index in [4.69, 9.17) is 5.73 Å². The highest BCUT2D eigenvalue weighted by molar-refractivity contribution is 5.45. The fourth-order valence-corrected chi connectivity index (χ4v) is 1.83. The Morgan fingerprint density at radius 1 is 1.20 bits per heavy atom. The van der Waals surface area contributed by atoms with Gasteiger partial charge in [-0.05, 0) is 24.1 Å². The molecule has 106 valence electrons. The summed E-state index contributed by atoms with van der Waals surface area (Å²) >= 11 is 0. The van der Waals surface area contributed by atoms with Crippen LogP contribution in [0.4, 0.5) is 11.6 Å². The lowest BCUT2D eigenvalue weighted by molar-refractivity contribution is 0.475. The molecule has 0 spiro atoms. The number of hydrogen-bond donors (Lipinski definition) is 3. The maximum absolute atomic E-state index is 9.23. The highest BCUT2D eigenvalue weighted by atomic mass is 16.3. The van der Waals surface area contributed by atoms with Crippen molar-refractivity contribution in [3.8, 4) is 5.75 Å². The average molecular weight is 272 g/mol. The van der Waals surface area contributed by atoms with Crippen LogP contribution in [0.3, 0.4) is 0 Å². The van der Waals surface area contributed by atoms with Crippen molar-refractivity contribution in [1.82, 2.24) is 9.97 Å². The Balaban J connectivity index is 1.95. The molecule has 0 unspecified atom stereocenters. The predicted molar refractivity (Wildman–Crippen MR) is 80.8 cm³/mol. The molecule has 0 amide bonds. The highest BCUT2D eigenvalue weighted by Gasteiger charge is 2.06. The lowest BCUT2D eigenvalue weighted by Gasteiger charge is -2.10. The maximum Gasteiger partial charge on any atom is 0.135 e. The molecule has 0 aliphatic heterocycles. The summed E-state index contributed by atoms with van der Waals surface area (Å²) in [6.45, 7) is 4.82. The zero-order valence-electron chi connectivity index (χ0n) is 11.8. The van der Waals surface area contributed by atoms with Crippen molar-refractivity contribution in [2.75, 3.05) is 17.6 Å². The molecule has 2 rings (SSSR count). The molecular formula is C15H20N4O. The van der Waals surface area contributed by atoms with Gasteiger partial charge in [0.25, 0.3) is 0 Å². The van der Waals surface area contributed by atoms with Crippen LogP contribution in [-0.2, 0) is 6.42 Å². The molecule has 5 heteroatoms. The fraction of sp³-hybridized carbons (Fsp3) is 0.333. The van der Waals surface area contributed by atoms with Gasteiger partial charge in [-0.3, -0.25) is 0 Å². The number of aromatic nitrogens is 2. The smallest absolute Gasteiger partial charge is 0.135 e. The number of nitrogen functional groups attached to an aromatic ring is 1. The Labute approximate surface area is 118 Å². The minimum Gasteiger partial charge on any atom is -0.508 e. The van der Waals surface area contributed by atoms with Crippen molar-refractivity contribution in [2.45, 2.75) is 26.2 Å². The van der Waals surface area contributed by atoms with Gasteiger partial charge < -0.3 is 16.2 Å². The molecule has 0 saturated carbocycles. The zero-order chi connectivity index (χ0) is 14.5. The Bertz CT molecular complexity index is 567.